The number of H-pyrrole nitrogens is 1. The van der Waals surface area contributed by atoms with E-state index in [9.17, 15) is 0 Å². The number of nitrogens with two attached hydrogens (primary N) is 1. The summed E-state index contributed by atoms with van der Waals surface area (Å²) < 4.78 is 11.0. The smallest absolute Gasteiger partial charge is 0.224 e. The van der Waals surface area contributed by atoms with Crippen molar-refractivity contribution in [2.24, 2.45) is 0 Å². The molecular formula is C13H12N6O2. The number of fused-ring (bicyclic) bond motifs is 2. The minimum absolute atomic E-state index is 0.162. The summed E-state index contributed by atoms with van der Waals surface area (Å²) in [5.74, 6) is 2.16. The number of ether oxygens (including phenoxy) is 2. The van der Waals surface area contributed by atoms with Gasteiger partial charge in [0.15, 0.2) is 23.0 Å². The van der Waals surface area contributed by atoms with Crippen molar-refractivity contribution in [1.29, 1.82) is 0 Å². The van der Waals surface area contributed by atoms with Crippen LogP contribution in [0.1, 0.15) is 0 Å². The van der Waals surface area contributed by atoms with E-state index in [1.807, 2.05) is 18.2 Å². The highest BCUT2D eigenvalue weighted by molar-refractivity contribution is 5.86. The molecule has 0 spiro atoms. The van der Waals surface area contributed by atoms with Crippen LogP contribution in [-0.4, -0.2) is 33.1 Å². The molecule has 3 heterocycles. The van der Waals surface area contributed by atoms with E-state index < -0.39 is 0 Å². The number of imidazole rings is 1. The SMILES string of the molecule is Nc1nc(Nc2ccc3c(c2)OCCO3)c2[nH]cnc2n1. The van der Waals surface area contributed by atoms with E-state index >= 15 is 0 Å². The van der Waals surface area contributed by atoms with Gasteiger partial charge in [-0.2, -0.15) is 9.97 Å². The first kappa shape index (κ1) is 11.8. The molecule has 0 unspecified atom stereocenters. The van der Waals surface area contributed by atoms with Crippen LogP contribution < -0.4 is 20.5 Å². The molecule has 0 radical (unpaired) electrons. The summed E-state index contributed by atoms with van der Waals surface area (Å²) in [6.07, 6.45) is 1.55. The monoisotopic (exact) mass is 284 g/mol. The Morgan fingerprint density at radius 3 is 2.90 bits per heavy atom. The minimum Gasteiger partial charge on any atom is -0.486 e. The highest BCUT2D eigenvalue weighted by Gasteiger charge is 2.13. The number of nitrogen functional groups attached to an aromatic ring is 1. The van der Waals surface area contributed by atoms with Crippen molar-refractivity contribution >= 4 is 28.6 Å². The average molecular weight is 284 g/mol. The van der Waals surface area contributed by atoms with Crippen LogP contribution in [0.5, 0.6) is 11.5 Å². The first-order valence-corrected chi connectivity index (χ1v) is 6.43. The van der Waals surface area contributed by atoms with Gasteiger partial charge in [0.1, 0.15) is 18.7 Å². The third-order valence-corrected chi connectivity index (χ3v) is 3.11. The lowest BCUT2D eigenvalue weighted by Crippen LogP contribution is -2.15. The molecule has 8 heteroatoms. The van der Waals surface area contributed by atoms with Crippen molar-refractivity contribution in [2.75, 3.05) is 24.3 Å². The Morgan fingerprint density at radius 2 is 2.00 bits per heavy atom. The van der Waals surface area contributed by atoms with Crippen LogP contribution in [0.4, 0.5) is 17.5 Å². The van der Waals surface area contributed by atoms with Crippen molar-refractivity contribution in [1.82, 2.24) is 19.9 Å². The van der Waals surface area contributed by atoms with Crippen molar-refractivity contribution in [3.05, 3.63) is 24.5 Å². The number of nitrogens with zero attached hydrogens (tertiary/aromatic N) is 3. The van der Waals surface area contributed by atoms with E-state index in [0.717, 1.165) is 11.4 Å². The lowest BCUT2D eigenvalue weighted by Gasteiger charge is -2.19. The van der Waals surface area contributed by atoms with Crippen molar-refractivity contribution in [2.45, 2.75) is 0 Å². The van der Waals surface area contributed by atoms with Gasteiger partial charge in [-0.05, 0) is 12.1 Å². The van der Waals surface area contributed by atoms with Crippen LogP contribution in [0, 0.1) is 0 Å². The first-order valence-electron chi connectivity index (χ1n) is 6.43. The topological polar surface area (TPSA) is 111 Å². The van der Waals surface area contributed by atoms with Crippen LogP contribution in [0.25, 0.3) is 11.2 Å². The molecule has 1 aliphatic rings. The van der Waals surface area contributed by atoms with Gasteiger partial charge in [-0.3, -0.25) is 0 Å². The minimum atomic E-state index is 0.162. The molecule has 0 bridgehead atoms. The molecule has 0 aliphatic carbocycles. The standard InChI is InChI=1S/C13H12N6O2/c14-13-18-11-10(15-6-16-11)12(19-13)17-7-1-2-8-9(5-7)21-4-3-20-8/h1-2,5-6H,3-4H2,(H4,14,15,16,17,18,19). The lowest BCUT2D eigenvalue weighted by atomic mass is 10.2. The fourth-order valence-electron chi connectivity index (χ4n) is 2.20. The van der Waals surface area contributed by atoms with Gasteiger partial charge in [-0.25, -0.2) is 4.98 Å². The fourth-order valence-corrected chi connectivity index (χ4v) is 2.20. The van der Waals surface area contributed by atoms with Crippen molar-refractivity contribution < 1.29 is 9.47 Å². The van der Waals surface area contributed by atoms with Gasteiger partial charge in [0, 0.05) is 11.8 Å². The van der Waals surface area contributed by atoms with Crippen LogP contribution in [-0.2, 0) is 0 Å². The molecule has 8 nitrogen and oxygen atoms in total. The molecule has 3 aromatic rings. The first-order chi connectivity index (χ1) is 10.3. The van der Waals surface area contributed by atoms with Crippen LogP contribution in [0.3, 0.4) is 0 Å². The summed E-state index contributed by atoms with van der Waals surface area (Å²) >= 11 is 0. The van der Waals surface area contributed by atoms with Crippen molar-refractivity contribution in [3.8, 4) is 11.5 Å². The van der Waals surface area contributed by atoms with Crippen LogP contribution in [0.2, 0.25) is 0 Å². The van der Waals surface area contributed by atoms with E-state index in [4.69, 9.17) is 15.2 Å². The number of nitrogens with one attached hydrogen (secondary N) is 2. The molecular weight excluding hydrogens is 272 g/mol. The molecule has 0 saturated heterocycles. The summed E-state index contributed by atoms with van der Waals surface area (Å²) in [5, 5.41) is 3.19. The van der Waals surface area contributed by atoms with Gasteiger partial charge in [0.25, 0.3) is 0 Å². The maximum atomic E-state index is 5.69. The Kier molecular flexibility index (Phi) is 2.53. The second-order valence-corrected chi connectivity index (χ2v) is 4.51. The Labute approximate surface area is 119 Å². The molecule has 21 heavy (non-hydrogen) atoms. The molecule has 0 fully saturated rings. The molecule has 0 saturated carbocycles. The van der Waals surface area contributed by atoms with Gasteiger partial charge < -0.3 is 25.5 Å². The maximum absolute atomic E-state index is 5.69. The number of rotatable bonds is 2. The lowest BCUT2D eigenvalue weighted by molar-refractivity contribution is 0.171. The zero-order valence-electron chi connectivity index (χ0n) is 11.0. The molecule has 1 aliphatic heterocycles. The molecule has 1 aromatic carbocycles. The Morgan fingerprint density at radius 1 is 1.14 bits per heavy atom. The normalized spacial score (nSPS) is 13.3. The van der Waals surface area contributed by atoms with E-state index in [2.05, 4.69) is 25.3 Å². The summed E-state index contributed by atoms with van der Waals surface area (Å²) in [7, 11) is 0. The fraction of sp³-hybridized carbons (Fsp3) is 0.154. The number of benzene rings is 1. The van der Waals surface area contributed by atoms with E-state index in [0.29, 0.717) is 35.9 Å². The van der Waals surface area contributed by atoms with Crippen LogP contribution >= 0.6 is 0 Å². The summed E-state index contributed by atoms with van der Waals surface area (Å²) in [4.78, 5) is 15.3. The number of anilines is 3. The summed E-state index contributed by atoms with van der Waals surface area (Å²) in [5.41, 5.74) is 7.71. The Hall–Kier alpha value is -3.03. The Bertz CT molecular complexity index is 816. The molecule has 0 atom stereocenters. The van der Waals surface area contributed by atoms with Gasteiger partial charge in [0.2, 0.25) is 5.95 Å². The summed E-state index contributed by atoms with van der Waals surface area (Å²) in [6.45, 7) is 1.11. The number of hydrogen-bond acceptors (Lipinski definition) is 7. The third-order valence-electron chi connectivity index (χ3n) is 3.11. The van der Waals surface area contributed by atoms with E-state index in [1.165, 1.54) is 0 Å². The second kappa shape index (κ2) is 4.51. The summed E-state index contributed by atoms with van der Waals surface area (Å²) in [6, 6.07) is 5.59. The molecule has 106 valence electrons. The predicted octanol–water partition coefficient (Wildman–Crippen LogP) is 1.45. The highest BCUT2D eigenvalue weighted by atomic mass is 16.6. The van der Waals surface area contributed by atoms with E-state index in [1.54, 1.807) is 6.33 Å². The quantitative estimate of drug-likeness (QED) is 0.653. The average Bonchev–Trinajstić information content (AvgIpc) is 2.95. The zero-order chi connectivity index (χ0) is 14.2. The highest BCUT2D eigenvalue weighted by Crippen LogP contribution is 2.34. The van der Waals surface area contributed by atoms with E-state index in [-0.39, 0.29) is 5.95 Å². The Balaban J connectivity index is 1.72. The third kappa shape index (κ3) is 2.06. The molecule has 0 amide bonds. The van der Waals surface area contributed by atoms with Crippen LogP contribution in [0.15, 0.2) is 24.5 Å². The van der Waals surface area contributed by atoms with Gasteiger partial charge >= 0.3 is 0 Å². The van der Waals surface area contributed by atoms with Gasteiger partial charge in [0.05, 0.1) is 6.33 Å². The number of aromatic nitrogens is 4. The molecule has 2 aromatic heterocycles. The molecule has 4 rings (SSSR count). The number of hydrogen-bond donors (Lipinski definition) is 3. The largest absolute Gasteiger partial charge is 0.486 e. The van der Waals surface area contributed by atoms with Gasteiger partial charge in [-0.1, -0.05) is 0 Å². The molecule has 4 N–H and O–H groups in total. The zero-order valence-corrected chi connectivity index (χ0v) is 11.0. The predicted molar refractivity (Wildman–Crippen MR) is 76.8 cm³/mol. The van der Waals surface area contributed by atoms with Gasteiger partial charge in [-0.15, -0.1) is 0 Å². The van der Waals surface area contributed by atoms with Crippen molar-refractivity contribution in [3.63, 3.8) is 0 Å². The maximum Gasteiger partial charge on any atom is 0.224 e. The number of aromatic amines is 1. The second-order valence-electron chi connectivity index (χ2n) is 4.51.